The standard InChI is InChI=1S/C10H11N3O/c1-3-9-11-12-10-4-7(2)8(6-14)5-13(9)10/h4-6H,3H2,1-2H3. The van der Waals surface area contributed by atoms with Gasteiger partial charge in [-0.3, -0.25) is 9.20 Å². The normalized spacial score (nSPS) is 10.7. The first-order valence-corrected chi connectivity index (χ1v) is 4.55. The third-order valence-corrected chi connectivity index (χ3v) is 2.31. The molecule has 0 bridgehead atoms. The number of carbonyl (C=O) groups excluding carboxylic acids is 1. The predicted molar refractivity (Wildman–Crippen MR) is 52.5 cm³/mol. The summed E-state index contributed by atoms with van der Waals surface area (Å²) >= 11 is 0. The Hall–Kier alpha value is -1.71. The quantitative estimate of drug-likeness (QED) is 0.671. The van der Waals surface area contributed by atoms with Gasteiger partial charge in [-0.25, -0.2) is 0 Å². The second-order valence-electron chi connectivity index (χ2n) is 3.23. The van der Waals surface area contributed by atoms with Crippen molar-refractivity contribution in [1.29, 1.82) is 0 Å². The van der Waals surface area contributed by atoms with E-state index in [0.29, 0.717) is 5.56 Å². The zero-order valence-corrected chi connectivity index (χ0v) is 8.19. The minimum Gasteiger partial charge on any atom is -0.298 e. The van der Waals surface area contributed by atoms with Crippen LogP contribution in [0.5, 0.6) is 0 Å². The summed E-state index contributed by atoms with van der Waals surface area (Å²) in [6, 6.07) is 1.87. The second kappa shape index (κ2) is 3.21. The molecule has 0 fully saturated rings. The molecule has 0 saturated heterocycles. The van der Waals surface area contributed by atoms with E-state index in [0.717, 1.165) is 29.7 Å². The van der Waals surface area contributed by atoms with Crippen LogP contribution in [0, 0.1) is 6.92 Å². The molecule has 0 aliphatic rings. The van der Waals surface area contributed by atoms with Gasteiger partial charge >= 0.3 is 0 Å². The van der Waals surface area contributed by atoms with Crippen LogP contribution in [0.15, 0.2) is 12.3 Å². The van der Waals surface area contributed by atoms with Gasteiger partial charge in [0, 0.05) is 18.2 Å². The van der Waals surface area contributed by atoms with Crippen molar-refractivity contribution in [2.45, 2.75) is 20.3 Å². The Morgan fingerprint density at radius 3 is 2.93 bits per heavy atom. The smallest absolute Gasteiger partial charge is 0.161 e. The zero-order chi connectivity index (χ0) is 10.1. The van der Waals surface area contributed by atoms with Crippen LogP contribution in [0.3, 0.4) is 0 Å². The summed E-state index contributed by atoms with van der Waals surface area (Å²) in [4.78, 5) is 10.7. The summed E-state index contributed by atoms with van der Waals surface area (Å²) < 4.78 is 1.86. The number of hydrogen-bond donors (Lipinski definition) is 0. The monoisotopic (exact) mass is 189 g/mol. The summed E-state index contributed by atoms with van der Waals surface area (Å²) in [6.45, 7) is 3.90. The van der Waals surface area contributed by atoms with Gasteiger partial charge in [-0.05, 0) is 18.6 Å². The number of aromatic nitrogens is 3. The molecule has 2 rings (SSSR count). The first-order chi connectivity index (χ1) is 6.76. The lowest BCUT2D eigenvalue weighted by Crippen LogP contribution is -1.96. The summed E-state index contributed by atoms with van der Waals surface area (Å²) in [5.41, 5.74) is 2.42. The molecule has 2 aromatic rings. The molecule has 14 heavy (non-hydrogen) atoms. The molecule has 0 radical (unpaired) electrons. The highest BCUT2D eigenvalue weighted by molar-refractivity contribution is 5.77. The number of carbonyl (C=O) groups is 1. The molecule has 4 heteroatoms. The topological polar surface area (TPSA) is 47.3 Å². The zero-order valence-electron chi connectivity index (χ0n) is 8.19. The molecule has 0 unspecified atom stereocenters. The van der Waals surface area contributed by atoms with Gasteiger partial charge in [0.1, 0.15) is 5.82 Å². The van der Waals surface area contributed by atoms with Crippen molar-refractivity contribution in [3.05, 3.63) is 29.2 Å². The highest BCUT2D eigenvalue weighted by atomic mass is 16.1. The van der Waals surface area contributed by atoms with Crippen LogP contribution >= 0.6 is 0 Å². The van der Waals surface area contributed by atoms with Crippen molar-refractivity contribution in [3.63, 3.8) is 0 Å². The molecule has 72 valence electrons. The summed E-state index contributed by atoms with van der Waals surface area (Å²) in [5, 5.41) is 8.05. The number of fused-ring (bicyclic) bond motifs is 1. The Balaban J connectivity index is 2.76. The van der Waals surface area contributed by atoms with Crippen molar-refractivity contribution < 1.29 is 4.79 Å². The van der Waals surface area contributed by atoms with E-state index in [1.165, 1.54) is 0 Å². The van der Waals surface area contributed by atoms with E-state index in [2.05, 4.69) is 10.2 Å². The first kappa shape index (κ1) is 8.87. The molecule has 0 atom stereocenters. The fourth-order valence-electron chi connectivity index (χ4n) is 1.46. The summed E-state index contributed by atoms with van der Waals surface area (Å²) in [5.74, 6) is 0.878. The highest BCUT2D eigenvalue weighted by Gasteiger charge is 2.06. The van der Waals surface area contributed by atoms with Crippen molar-refractivity contribution in [2.24, 2.45) is 0 Å². The summed E-state index contributed by atoms with van der Waals surface area (Å²) in [6.07, 6.45) is 3.45. The maximum absolute atomic E-state index is 10.7. The lowest BCUT2D eigenvalue weighted by atomic mass is 10.2. The van der Waals surface area contributed by atoms with E-state index in [9.17, 15) is 4.79 Å². The van der Waals surface area contributed by atoms with Gasteiger partial charge in [-0.2, -0.15) is 0 Å². The Bertz CT molecular complexity index is 487. The molecule has 0 N–H and O–H groups in total. The summed E-state index contributed by atoms with van der Waals surface area (Å²) in [7, 11) is 0. The average molecular weight is 189 g/mol. The Labute approximate surface area is 81.6 Å². The van der Waals surface area contributed by atoms with Gasteiger partial charge < -0.3 is 0 Å². The maximum atomic E-state index is 10.7. The number of rotatable bonds is 2. The van der Waals surface area contributed by atoms with E-state index in [-0.39, 0.29) is 0 Å². The SMILES string of the molecule is CCc1nnc2cc(C)c(C=O)cn12. The van der Waals surface area contributed by atoms with Crippen molar-refractivity contribution >= 4 is 11.9 Å². The van der Waals surface area contributed by atoms with E-state index in [4.69, 9.17) is 0 Å². The van der Waals surface area contributed by atoms with Gasteiger partial charge in [-0.15, -0.1) is 10.2 Å². The largest absolute Gasteiger partial charge is 0.298 e. The molecule has 0 saturated carbocycles. The molecular formula is C10H11N3O. The molecule has 2 heterocycles. The van der Waals surface area contributed by atoms with Crippen molar-refractivity contribution in [1.82, 2.24) is 14.6 Å². The molecule has 0 aliphatic carbocycles. The third-order valence-electron chi connectivity index (χ3n) is 2.31. The van der Waals surface area contributed by atoms with E-state index < -0.39 is 0 Å². The van der Waals surface area contributed by atoms with Gasteiger partial charge in [-0.1, -0.05) is 6.92 Å². The molecule has 0 amide bonds. The van der Waals surface area contributed by atoms with Crippen LogP contribution in [0.1, 0.15) is 28.7 Å². The molecular weight excluding hydrogens is 178 g/mol. The lowest BCUT2D eigenvalue weighted by molar-refractivity contribution is 0.112. The van der Waals surface area contributed by atoms with E-state index in [1.54, 1.807) is 6.20 Å². The van der Waals surface area contributed by atoms with Gasteiger partial charge in [0.25, 0.3) is 0 Å². The number of nitrogens with zero attached hydrogens (tertiary/aromatic N) is 3. The van der Waals surface area contributed by atoms with Crippen molar-refractivity contribution in [2.75, 3.05) is 0 Å². The van der Waals surface area contributed by atoms with E-state index >= 15 is 0 Å². The highest BCUT2D eigenvalue weighted by Crippen LogP contribution is 2.10. The number of aryl methyl sites for hydroxylation is 2. The molecule has 0 aliphatic heterocycles. The maximum Gasteiger partial charge on any atom is 0.161 e. The third kappa shape index (κ3) is 1.19. The predicted octanol–water partition coefficient (Wildman–Crippen LogP) is 1.41. The molecule has 2 aromatic heterocycles. The Morgan fingerprint density at radius 1 is 1.50 bits per heavy atom. The van der Waals surface area contributed by atoms with E-state index in [1.807, 2.05) is 24.3 Å². The molecule has 4 nitrogen and oxygen atoms in total. The van der Waals surface area contributed by atoms with Crippen LogP contribution in [0.2, 0.25) is 0 Å². The van der Waals surface area contributed by atoms with Crippen LogP contribution in [-0.4, -0.2) is 20.9 Å². The van der Waals surface area contributed by atoms with Crippen molar-refractivity contribution in [3.8, 4) is 0 Å². The first-order valence-electron chi connectivity index (χ1n) is 4.55. The number of pyridine rings is 1. The number of hydrogen-bond acceptors (Lipinski definition) is 3. The number of aldehydes is 1. The Kier molecular flexibility index (Phi) is 2.04. The van der Waals surface area contributed by atoms with Crippen LogP contribution in [-0.2, 0) is 6.42 Å². The van der Waals surface area contributed by atoms with Crippen LogP contribution in [0.25, 0.3) is 5.65 Å². The molecule has 0 aromatic carbocycles. The van der Waals surface area contributed by atoms with Gasteiger partial charge in [0.05, 0.1) is 0 Å². The van der Waals surface area contributed by atoms with Crippen LogP contribution < -0.4 is 0 Å². The molecule has 0 spiro atoms. The van der Waals surface area contributed by atoms with Crippen LogP contribution in [0.4, 0.5) is 0 Å². The average Bonchev–Trinajstić information content (AvgIpc) is 2.58. The lowest BCUT2D eigenvalue weighted by Gasteiger charge is -2.00. The fourth-order valence-corrected chi connectivity index (χ4v) is 1.46. The Morgan fingerprint density at radius 2 is 2.29 bits per heavy atom. The minimum atomic E-state index is 0.687. The van der Waals surface area contributed by atoms with Gasteiger partial charge in [0.2, 0.25) is 0 Å². The fraction of sp³-hybridized carbons (Fsp3) is 0.300. The minimum absolute atomic E-state index is 0.687. The van der Waals surface area contributed by atoms with Gasteiger partial charge in [0.15, 0.2) is 11.9 Å². The second-order valence-corrected chi connectivity index (χ2v) is 3.23.